The van der Waals surface area contributed by atoms with Gasteiger partial charge in [0.05, 0.1) is 6.10 Å². The van der Waals surface area contributed by atoms with Gasteiger partial charge in [0.15, 0.2) is 0 Å². The molecule has 5 heteroatoms. The minimum absolute atomic E-state index is 0.00901. The Labute approximate surface area is 142 Å². The van der Waals surface area contributed by atoms with Crippen LogP contribution in [-0.2, 0) is 11.3 Å². The fourth-order valence-corrected chi connectivity index (χ4v) is 3.12. The summed E-state index contributed by atoms with van der Waals surface area (Å²) in [6.07, 6.45) is 2.53. The Hall–Kier alpha value is -1.85. The lowest BCUT2D eigenvalue weighted by atomic mass is 10.1. The predicted molar refractivity (Wildman–Crippen MR) is 92.3 cm³/mol. The van der Waals surface area contributed by atoms with Crippen molar-refractivity contribution < 1.29 is 19.1 Å². The van der Waals surface area contributed by atoms with Crippen LogP contribution in [-0.4, -0.2) is 41.8 Å². The SMILES string of the molecule is CC(C)COC1CCN(Cc2ccc3oc(C(=O)O)cc3c2)CC1. The van der Waals surface area contributed by atoms with Crippen LogP contribution in [0.1, 0.15) is 42.8 Å². The molecule has 0 bridgehead atoms. The number of furan rings is 1. The summed E-state index contributed by atoms with van der Waals surface area (Å²) in [5, 5.41) is 9.85. The molecule has 1 fully saturated rings. The maximum absolute atomic E-state index is 11.0. The first-order valence-electron chi connectivity index (χ1n) is 8.61. The fraction of sp³-hybridized carbons (Fsp3) is 0.526. The molecule has 0 saturated carbocycles. The third kappa shape index (κ3) is 4.16. The monoisotopic (exact) mass is 331 g/mol. The van der Waals surface area contributed by atoms with Crippen molar-refractivity contribution >= 4 is 16.9 Å². The van der Waals surface area contributed by atoms with E-state index in [1.807, 2.05) is 18.2 Å². The Morgan fingerprint density at radius 3 is 2.75 bits per heavy atom. The number of nitrogens with zero attached hydrogens (tertiary/aromatic N) is 1. The van der Waals surface area contributed by atoms with Gasteiger partial charge >= 0.3 is 5.97 Å². The maximum Gasteiger partial charge on any atom is 0.371 e. The van der Waals surface area contributed by atoms with Crippen LogP contribution in [0.2, 0.25) is 0 Å². The lowest BCUT2D eigenvalue weighted by molar-refractivity contribution is -0.00584. The van der Waals surface area contributed by atoms with Crippen LogP contribution in [0.25, 0.3) is 11.0 Å². The van der Waals surface area contributed by atoms with Crippen molar-refractivity contribution in [2.45, 2.75) is 39.3 Å². The highest BCUT2D eigenvalue weighted by atomic mass is 16.5. The fourth-order valence-electron chi connectivity index (χ4n) is 3.12. The number of likely N-dealkylation sites (tertiary alicyclic amines) is 1. The highest BCUT2D eigenvalue weighted by molar-refractivity contribution is 5.91. The number of rotatable bonds is 6. The van der Waals surface area contributed by atoms with Crippen LogP contribution in [0.5, 0.6) is 0 Å². The van der Waals surface area contributed by atoms with Gasteiger partial charge in [-0.1, -0.05) is 19.9 Å². The molecule has 5 nitrogen and oxygen atoms in total. The van der Waals surface area contributed by atoms with E-state index in [-0.39, 0.29) is 5.76 Å². The second-order valence-corrected chi connectivity index (χ2v) is 6.99. The van der Waals surface area contributed by atoms with Crippen LogP contribution < -0.4 is 0 Å². The third-order valence-corrected chi connectivity index (χ3v) is 4.40. The van der Waals surface area contributed by atoms with Gasteiger partial charge in [0, 0.05) is 31.6 Å². The van der Waals surface area contributed by atoms with Gasteiger partial charge in [0.1, 0.15) is 5.58 Å². The van der Waals surface area contributed by atoms with Gasteiger partial charge in [0.2, 0.25) is 5.76 Å². The van der Waals surface area contributed by atoms with E-state index in [0.29, 0.717) is 17.6 Å². The van der Waals surface area contributed by atoms with E-state index in [0.717, 1.165) is 44.5 Å². The van der Waals surface area contributed by atoms with E-state index in [1.165, 1.54) is 5.56 Å². The second kappa shape index (κ2) is 7.36. The Kier molecular flexibility index (Phi) is 5.21. The molecular formula is C19H25NO4. The topological polar surface area (TPSA) is 62.9 Å². The van der Waals surface area contributed by atoms with Crippen LogP contribution >= 0.6 is 0 Å². The van der Waals surface area contributed by atoms with E-state index >= 15 is 0 Å². The zero-order chi connectivity index (χ0) is 17.1. The minimum atomic E-state index is -1.03. The number of carboxylic acids is 1. The van der Waals surface area contributed by atoms with Crippen LogP contribution in [0.3, 0.4) is 0 Å². The molecule has 1 N–H and O–H groups in total. The number of fused-ring (bicyclic) bond motifs is 1. The number of carbonyl (C=O) groups is 1. The smallest absolute Gasteiger partial charge is 0.371 e. The first-order chi connectivity index (χ1) is 11.5. The average Bonchev–Trinajstić information content (AvgIpc) is 2.98. The van der Waals surface area contributed by atoms with E-state index in [4.69, 9.17) is 14.3 Å². The van der Waals surface area contributed by atoms with Gasteiger partial charge in [-0.15, -0.1) is 0 Å². The molecule has 2 heterocycles. The first kappa shape index (κ1) is 17.0. The van der Waals surface area contributed by atoms with Gasteiger partial charge in [-0.2, -0.15) is 0 Å². The number of carboxylic acid groups (broad SMARTS) is 1. The van der Waals surface area contributed by atoms with Gasteiger partial charge in [-0.05, 0) is 42.5 Å². The number of ether oxygens (including phenoxy) is 1. The van der Waals surface area contributed by atoms with E-state index in [2.05, 4.69) is 18.7 Å². The van der Waals surface area contributed by atoms with Crippen molar-refractivity contribution in [3.05, 3.63) is 35.6 Å². The molecular weight excluding hydrogens is 306 g/mol. The largest absolute Gasteiger partial charge is 0.475 e. The van der Waals surface area contributed by atoms with Gasteiger partial charge in [-0.25, -0.2) is 4.79 Å². The van der Waals surface area contributed by atoms with Crippen LogP contribution in [0.4, 0.5) is 0 Å². The van der Waals surface area contributed by atoms with E-state index in [1.54, 1.807) is 6.07 Å². The average molecular weight is 331 g/mol. The maximum atomic E-state index is 11.0. The van der Waals surface area contributed by atoms with Gasteiger partial charge < -0.3 is 14.3 Å². The third-order valence-electron chi connectivity index (χ3n) is 4.40. The molecule has 0 atom stereocenters. The summed E-state index contributed by atoms with van der Waals surface area (Å²) >= 11 is 0. The molecule has 0 spiro atoms. The molecule has 130 valence electrons. The second-order valence-electron chi connectivity index (χ2n) is 6.99. The van der Waals surface area contributed by atoms with Crippen molar-refractivity contribution in [3.8, 4) is 0 Å². The number of hydrogen-bond donors (Lipinski definition) is 1. The molecule has 1 aliphatic rings. The lowest BCUT2D eigenvalue weighted by Crippen LogP contribution is -2.37. The molecule has 0 amide bonds. The standard InChI is InChI=1S/C19H25NO4/c1-13(2)12-23-16-5-7-20(8-6-16)11-14-3-4-17-15(9-14)10-18(24-17)19(21)22/h3-4,9-10,13,16H,5-8,11-12H2,1-2H3,(H,21,22). The van der Waals surface area contributed by atoms with Crippen molar-refractivity contribution in [1.82, 2.24) is 4.90 Å². The summed E-state index contributed by atoms with van der Waals surface area (Å²) in [5.41, 5.74) is 1.80. The Morgan fingerprint density at radius 2 is 2.08 bits per heavy atom. The molecule has 3 rings (SSSR count). The first-order valence-corrected chi connectivity index (χ1v) is 8.61. The number of aromatic carboxylic acids is 1. The Morgan fingerprint density at radius 1 is 1.33 bits per heavy atom. The highest BCUT2D eigenvalue weighted by Gasteiger charge is 2.20. The predicted octanol–water partition coefficient (Wildman–Crippen LogP) is 3.77. The van der Waals surface area contributed by atoms with Crippen molar-refractivity contribution in [3.63, 3.8) is 0 Å². The van der Waals surface area contributed by atoms with Crippen LogP contribution in [0.15, 0.2) is 28.7 Å². The van der Waals surface area contributed by atoms with Crippen LogP contribution in [0, 0.1) is 5.92 Å². The number of benzene rings is 1. The summed E-state index contributed by atoms with van der Waals surface area (Å²) in [4.78, 5) is 13.4. The highest BCUT2D eigenvalue weighted by Crippen LogP contribution is 2.23. The zero-order valence-corrected chi connectivity index (χ0v) is 14.3. The summed E-state index contributed by atoms with van der Waals surface area (Å²) in [6.45, 7) is 8.14. The quantitative estimate of drug-likeness (QED) is 0.873. The molecule has 1 saturated heterocycles. The molecule has 1 aromatic heterocycles. The van der Waals surface area contributed by atoms with Crippen molar-refractivity contribution in [2.75, 3.05) is 19.7 Å². The zero-order valence-electron chi connectivity index (χ0n) is 14.3. The lowest BCUT2D eigenvalue weighted by Gasteiger charge is -2.32. The molecule has 0 unspecified atom stereocenters. The van der Waals surface area contributed by atoms with Crippen molar-refractivity contribution in [1.29, 1.82) is 0 Å². The Balaban J connectivity index is 1.57. The molecule has 0 aliphatic carbocycles. The summed E-state index contributed by atoms with van der Waals surface area (Å²) in [6, 6.07) is 7.48. The number of hydrogen-bond acceptors (Lipinski definition) is 4. The normalized spacial score (nSPS) is 17.0. The molecule has 24 heavy (non-hydrogen) atoms. The minimum Gasteiger partial charge on any atom is -0.475 e. The van der Waals surface area contributed by atoms with E-state index in [9.17, 15) is 4.79 Å². The summed E-state index contributed by atoms with van der Waals surface area (Å²) in [7, 11) is 0. The Bertz CT molecular complexity index is 698. The summed E-state index contributed by atoms with van der Waals surface area (Å²) in [5.74, 6) is -0.457. The van der Waals surface area contributed by atoms with Gasteiger partial charge in [-0.3, -0.25) is 4.90 Å². The molecule has 2 aromatic rings. The molecule has 1 aliphatic heterocycles. The van der Waals surface area contributed by atoms with Crippen molar-refractivity contribution in [2.24, 2.45) is 5.92 Å². The van der Waals surface area contributed by atoms with E-state index < -0.39 is 5.97 Å². The molecule has 0 radical (unpaired) electrons. The number of piperidine rings is 1. The van der Waals surface area contributed by atoms with Gasteiger partial charge in [0.25, 0.3) is 0 Å². The molecule has 1 aromatic carbocycles. The summed E-state index contributed by atoms with van der Waals surface area (Å²) < 4.78 is 11.2.